The molecule has 0 saturated heterocycles. The van der Waals surface area contributed by atoms with E-state index in [0.717, 1.165) is 17.8 Å². The van der Waals surface area contributed by atoms with Crippen molar-refractivity contribution in [2.75, 3.05) is 12.3 Å². The molecule has 5 nitrogen and oxygen atoms in total. The minimum absolute atomic E-state index is 0.226. The summed E-state index contributed by atoms with van der Waals surface area (Å²) in [5, 5.41) is 14.6. The Morgan fingerprint density at radius 3 is 2.52 bits per heavy atom. The molecule has 0 bridgehead atoms. The van der Waals surface area contributed by atoms with Crippen molar-refractivity contribution >= 4 is 5.69 Å². The summed E-state index contributed by atoms with van der Waals surface area (Å²) in [7, 11) is 0. The molecule has 21 heavy (non-hydrogen) atoms. The van der Waals surface area contributed by atoms with Crippen LogP contribution in [-0.2, 0) is 13.0 Å². The van der Waals surface area contributed by atoms with Gasteiger partial charge in [-0.05, 0) is 50.1 Å². The van der Waals surface area contributed by atoms with E-state index in [4.69, 9.17) is 10.5 Å². The van der Waals surface area contributed by atoms with Crippen molar-refractivity contribution in [1.29, 1.82) is 0 Å². The van der Waals surface area contributed by atoms with E-state index in [1.807, 2.05) is 18.5 Å². The lowest BCUT2D eigenvalue weighted by atomic mass is 10.1. The summed E-state index contributed by atoms with van der Waals surface area (Å²) in [6.07, 6.45) is 0.348. The van der Waals surface area contributed by atoms with E-state index >= 15 is 0 Å². The maximum atomic E-state index is 10.1. The zero-order valence-electron chi connectivity index (χ0n) is 12.8. The molecule has 1 atom stereocenters. The summed E-state index contributed by atoms with van der Waals surface area (Å²) in [6, 6.07) is 7.13. The van der Waals surface area contributed by atoms with Crippen LogP contribution in [0.3, 0.4) is 0 Å². The predicted octanol–water partition coefficient (Wildman–Crippen LogP) is 2.08. The molecule has 0 amide bonds. The van der Waals surface area contributed by atoms with Gasteiger partial charge in [-0.25, -0.2) is 0 Å². The number of aryl methyl sites for hydroxylation is 1. The fourth-order valence-electron chi connectivity index (χ4n) is 2.43. The van der Waals surface area contributed by atoms with Crippen LogP contribution in [0, 0.1) is 13.8 Å². The van der Waals surface area contributed by atoms with E-state index in [0.29, 0.717) is 18.0 Å². The third kappa shape index (κ3) is 3.76. The molecule has 0 aliphatic rings. The number of aliphatic hydroxyl groups excluding tert-OH is 1. The van der Waals surface area contributed by atoms with Gasteiger partial charge < -0.3 is 15.6 Å². The fourth-order valence-corrected chi connectivity index (χ4v) is 2.43. The maximum absolute atomic E-state index is 10.1. The minimum Gasteiger partial charge on any atom is -0.491 e. The van der Waals surface area contributed by atoms with Crippen LogP contribution >= 0.6 is 0 Å². The summed E-state index contributed by atoms with van der Waals surface area (Å²) in [4.78, 5) is 0. The second kappa shape index (κ2) is 6.63. The van der Waals surface area contributed by atoms with Crippen molar-refractivity contribution in [3.05, 3.63) is 41.2 Å². The van der Waals surface area contributed by atoms with E-state index in [2.05, 4.69) is 12.0 Å². The van der Waals surface area contributed by atoms with Gasteiger partial charge in [0, 0.05) is 11.4 Å². The Bertz CT molecular complexity index is 590. The molecule has 114 valence electrons. The largest absolute Gasteiger partial charge is 0.491 e. The highest BCUT2D eigenvalue weighted by Crippen LogP contribution is 2.15. The first-order chi connectivity index (χ1) is 10.0. The molecule has 3 N–H and O–H groups in total. The Morgan fingerprint density at radius 2 is 1.95 bits per heavy atom. The Balaban J connectivity index is 1.92. The Labute approximate surface area is 125 Å². The molecule has 1 unspecified atom stereocenters. The van der Waals surface area contributed by atoms with Crippen LogP contribution in [0.5, 0.6) is 5.75 Å². The first-order valence-electron chi connectivity index (χ1n) is 7.20. The molecule has 0 spiro atoms. The van der Waals surface area contributed by atoms with Crippen LogP contribution in [-0.4, -0.2) is 27.6 Å². The molecule has 1 aromatic heterocycles. The second-order valence-electron chi connectivity index (χ2n) is 5.22. The number of aromatic nitrogens is 2. The molecular formula is C16H23N3O2. The van der Waals surface area contributed by atoms with Gasteiger partial charge in [-0.3, -0.25) is 4.68 Å². The van der Waals surface area contributed by atoms with Crippen LogP contribution < -0.4 is 10.5 Å². The van der Waals surface area contributed by atoms with Crippen LogP contribution in [0.25, 0.3) is 0 Å². The van der Waals surface area contributed by atoms with E-state index in [-0.39, 0.29) is 6.61 Å². The number of nitrogen functional groups attached to an aromatic ring is 1. The molecule has 0 saturated carbocycles. The van der Waals surface area contributed by atoms with Crippen LogP contribution in [0.2, 0.25) is 0 Å². The first-order valence-corrected chi connectivity index (χ1v) is 7.20. The average molecular weight is 289 g/mol. The number of hydrogen-bond acceptors (Lipinski definition) is 4. The standard InChI is InChI=1S/C16H23N3O2/c1-4-16-11(2)18-19(12(16)3)9-14(20)10-21-15-7-5-13(17)6-8-15/h5-8,14,20H,4,9-10,17H2,1-3H3. The molecule has 1 heterocycles. The van der Waals surface area contributed by atoms with Crippen molar-refractivity contribution in [1.82, 2.24) is 9.78 Å². The van der Waals surface area contributed by atoms with Gasteiger partial charge in [0.05, 0.1) is 12.2 Å². The molecule has 0 aliphatic heterocycles. The summed E-state index contributed by atoms with van der Waals surface area (Å²) >= 11 is 0. The van der Waals surface area contributed by atoms with E-state index < -0.39 is 6.10 Å². The number of nitrogens with two attached hydrogens (primary N) is 1. The van der Waals surface area contributed by atoms with Crippen LogP contribution in [0.1, 0.15) is 23.9 Å². The number of hydrogen-bond donors (Lipinski definition) is 2. The highest BCUT2D eigenvalue weighted by molar-refractivity contribution is 5.41. The lowest BCUT2D eigenvalue weighted by molar-refractivity contribution is 0.0887. The molecule has 2 rings (SSSR count). The van der Waals surface area contributed by atoms with Crippen molar-refractivity contribution in [2.24, 2.45) is 0 Å². The monoisotopic (exact) mass is 289 g/mol. The van der Waals surface area contributed by atoms with Gasteiger partial charge in [0.2, 0.25) is 0 Å². The Morgan fingerprint density at radius 1 is 1.29 bits per heavy atom. The molecule has 0 aliphatic carbocycles. The highest BCUT2D eigenvalue weighted by atomic mass is 16.5. The topological polar surface area (TPSA) is 73.3 Å². The third-order valence-corrected chi connectivity index (χ3v) is 3.59. The average Bonchev–Trinajstić information content (AvgIpc) is 2.72. The quantitative estimate of drug-likeness (QED) is 0.799. The molecule has 0 radical (unpaired) electrons. The maximum Gasteiger partial charge on any atom is 0.119 e. The second-order valence-corrected chi connectivity index (χ2v) is 5.22. The number of nitrogens with zero attached hydrogens (tertiary/aromatic N) is 2. The smallest absolute Gasteiger partial charge is 0.119 e. The normalized spacial score (nSPS) is 12.4. The SMILES string of the molecule is CCc1c(C)nn(CC(O)COc2ccc(N)cc2)c1C. The number of benzene rings is 1. The minimum atomic E-state index is -0.606. The number of anilines is 1. The van der Waals surface area contributed by atoms with Crippen LogP contribution in [0.4, 0.5) is 5.69 Å². The van der Waals surface area contributed by atoms with Gasteiger partial charge in [0.25, 0.3) is 0 Å². The molecular weight excluding hydrogens is 266 g/mol. The van der Waals surface area contributed by atoms with Crippen molar-refractivity contribution in [3.8, 4) is 5.75 Å². The van der Waals surface area contributed by atoms with E-state index in [1.165, 1.54) is 5.56 Å². The summed E-state index contributed by atoms with van der Waals surface area (Å²) in [5.41, 5.74) is 9.70. The molecule has 1 aromatic carbocycles. The van der Waals surface area contributed by atoms with Gasteiger partial charge in [0.15, 0.2) is 0 Å². The fraction of sp³-hybridized carbons (Fsp3) is 0.438. The first kappa shape index (κ1) is 15.4. The highest BCUT2D eigenvalue weighted by Gasteiger charge is 2.13. The van der Waals surface area contributed by atoms with E-state index in [1.54, 1.807) is 24.3 Å². The van der Waals surface area contributed by atoms with Gasteiger partial charge in [0.1, 0.15) is 18.5 Å². The summed E-state index contributed by atoms with van der Waals surface area (Å²) in [5.74, 6) is 0.700. The molecule has 5 heteroatoms. The van der Waals surface area contributed by atoms with Gasteiger partial charge in [-0.2, -0.15) is 5.10 Å². The van der Waals surface area contributed by atoms with Crippen molar-refractivity contribution in [2.45, 2.75) is 39.8 Å². The lowest BCUT2D eigenvalue weighted by Crippen LogP contribution is -2.24. The van der Waals surface area contributed by atoms with Gasteiger partial charge >= 0.3 is 0 Å². The van der Waals surface area contributed by atoms with Crippen molar-refractivity contribution in [3.63, 3.8) is 0 Å². The lowest BCUT2D eigenvalue weighted by Gasteiger charge is -2.14. The third-order valence-electron chi connectivity index (χ3n) is 3.59. The zero-order valence-corrected chi connectivity index (χ0v) is 12.8. The number of ether oxygens (including phenoxy) is 1. The van der Waals surface area contributed by atoms with Crippen molar-refractivity contribution < 1.29 is 9.84 Å². The Kier molecular flexibility index (Phi) is 4.85. The summed E-state index contributed by atoms with van der Waals surface area (Å²) in [6.45, 7) is 6.80. The van der Waals surface area contributed by atoms with Gasteiger partial charge in [-0.15, -0.1) is 0 Å². The van der Waals surface area contributed by atoms with Crippen LogP contribution in [0.15, 0.2) is 24.3 Å². The molecule has 0 fully saturated rings. The van der Waals surface area contributed by atoms with Gasteiger partial charge in [-0.1, -0.05) is 6.92 Å². The zero-order chi connectivity index (χ0) is 15.4. The number of aliphatic hydroxyl groups is 1. The van der Waals surface area contributed by atoms with E-state index in [9.17, 15) is 5.11 Å². The number of rotatable bonds is 6. The predicted molar refractivity (Wildman–Crippen MR) is 83.4 cm³/mol. The summed E-state index contributed by atoms with van der Waals surface area (Å²) < 4.78 is 7.40. The molecule has 2 aromatic rings. The Hall–Kier alpha value is -2.01.